The predicted octanol–water partition coefficient (Wildman–Crippen LogP) is 3.43. The molecule has 0 bridgehead atoms. The fourth-order valence-corrected chi connectivity index (χ4v) is 3.15. The van der Waals surface area contributed by atoms with Crippen LogP contribution in [0.3, 0.4) is 0 Å². The maximum Gasteiger partial charge on any atom is 0.234 e. The minimum absolute atomic E-state index is 0.0431. The summed E-state index contributed by atoms with van der Waals surface area (Å²) < 4.78 is 0.782. The van der Waals surface area contributed by atoms with E-state index in [-0.39, 0.29) is 5.91 Å². The van der Waals surface area contributed by atoms with Gasteiger partial charge in [-0.3, -0.25) is 4.79 Å². The van der Waals surface area contributed by atoms with E-state index >= 15 is 0 Å². The first-order chi connectivity index (χ1) is 10.1. The number of rotatable bonds is 6. The van der Waals surface area contributed by atoms with Crippen molar-refractivity contribution >= 4 is 39.8 Å². The fraction of sp³-hybridized carbons (Fsp3) is 0.357. The third-order valence-corrected chi connectivity index (χ3v) is 4.88. The Morgan fingerprint density at radius 1 is 1.29 bits per heavy atom. The van der Waals surface area contributed by atoms with E-state index in [1.54, 1.807) is 7.05 Å². The minimum Gasteiger partial charge on any atom is -0.363 e. The van der Waals surface area contributed by atoms with Gasteiger partial charge in [-0.05, 0) is 23.6 Å². The minimum atomic E-state index is -0.0431. The van der Waals surface area contributed by atoms with Gasteiger partial charge in [0.15, 0.2) is 4.34 Å². The maximum absolute atomic E-state index is 11.9. The average Bonchev–Trinajstić information content (AvgIpc) is 2.94. The van der Waals surface area contributed by atoms with Crippen LogP contribution < -0.4 is 10.6 Å². The van der Waals surface area contributed by atoms with Crippen LogP contribution in [0.5, 0.6) is 0 Å². The van der Waals surface area contributed by atoms with E-state index in [4.69, 9.17) is 0 Å². The number of benzene rings is 1. The molecule has 7 heteroatoms. The molecule has 0 saturated heterocycles. The molecule has 2 aromatic rings. The van der Waals surface area contributed by atoms with Gasteiger partial charge in [-0.25, -0.2) is 0 Å². The third kappa shape index (κ3) is 4.71. The van der Waals surface area contributed by atoms with Crippen molar-refractivity contribution in [2.45, 2.75) is 24.1 Å². The second-order valence-electron chi connectivity index (χ2n) is 4.74. The monoisotopic (exact) mass is 322 g/mol. The van der Waals surface area contributed by atoms with Gasteiger partial charge in [-0.2, -0.15) is 0 Å². The van der Waals surface area contributed by atoms with Crippen molar-refractivity contribution in [3.63, 3.8) is 0 Å². The molecule has 2 rings (SSSR count). The van der Waals surface area contributed by atoms with Crippen LogP contribution in [-0.2, 0) is 4.79 Å². The summed E-state index contributed by atoms with van der Waals surface area (Å²) in [6.07, 6.45) is 0. The number of anilines is 2. The highest BCUT2D eigenvalue weighted by Crippen LogP contribution is 2.25. The Hall–Kier alpha value is -1.60. The first-order valence-electron chi connectivity index (χ1n) is 6.62. The number of hydrogen-bond acceptors (Lipinski definition) is 6. The fourth-order valence-electron chi connectivity index (χ4n) is 1.64. The quantitative estimate of drug-likeness (QED) is 0.798. The predicted molar refractivity (Wildman–Crippen MR) is 89.3 cm³/mol. The van der Waals surface area contributed by atoms with Crippen molar-refractivity contribution in [1.82, 2.24) is 10.2 Å². The van der Waals surface area contributed by atoms with Crippen molar-refractivity contribution in [3.8, 4) is 0 Å². The van der Waals surface area contributed by atoms with Crippen LogP contribution in [0, 0.1) is 0 Å². The van der Waals surface area contributed by atoms with Crippen LogP contribution in [0.2, 0.25) is 0 Å². The largest absolute Gasteiger partial charge is 0.363 e. The first-order valence-corrected chi connectivity index (χ1v) is 8.42. The van der Waals surface area contributed by atoms with Gasteiger partial charge in [0, 0.05) is 12.7 Å². The molecule has 0 saturated carbocycles. The number of nitrogens with zero attached hydrogens (tertiary/aromatic N) is 2. The standard InChI is InChI=1S/C14H18N4OS2/c1-9(2)10-4-6-11(7-5-10)16-12(19)8-20-14-18-17-13(15-3)21-14/h4-7,9H,8H2,1-3H3,(H,15,17)(H,16,19). The van der Waals surface area contributed by atoms with E-state index in [2.05, 4.69) is 34.7 Å². The Kier molecular flexibility index (Phi) is 5.58. The zero-order chi connectivity index (χ0) is 15.2. The number of carbonyl (C=O) groups excluding carboxylic acids is 1. The van der Waals surface area contributed by atoms with Crippen LogP contribution in [0.15, 0.2) is 28.6 Å². The molecule has 0 aliphatic rings. The van der Waals surface area contributed by atoms with Gasteiger partial charge >= 0.3 is 0 Å². The molecule has 1 aromatic heterocycles. The summed E-state index contributed by atoms with van der Waals surface area (Å²) in [4.78, 5) is 11.9. The highest BCUT2D eigenvalue weighted by Gasteiger charge is 2.08. The van der Waals surface area contributed by atoms with Gasteiger partial charge in [0.25, 0.3) is 0 Å². The number of nitrogens with one attached hydrogen (secondary N) is 2. The summed E-state index contributed by atoms with van der Waals surface area (Å²) in [6.45, 7) is 4.29. The van der Waals surface area contributed by atoms with E-state index in [0.717, 1.165) is 15.2 Å². The third-order valence-electron chi connectivity index (χ3n) is 2.81. The molecule has 0 fully saturated rings. The number of hydrogen-bond donors (Lipinski definition) is 2. The Bertz CT molecular complexity index is 595. The molecule has 0 aliphatic heterocycles. The summed E-state index contributed by atoms with van der Waals surface area (Å²) in [7, 11) is 1.79. The molecule has 1 amide bonds. The van der Waals surface area contributed by atoms with Crippen molar-refractivity contribution < 1.29 is 4.79 Å². The zero-order valence-electron chi connectivity index (χ0n) is 12.2. The van der Waals surface area contributed by atoms with E-state index in [1.165, 1.54) is 28.7 Å². The molecule has 0 spiro atoms. The van der Waals surface area contributed by atoms with E-state index in [0.29, 0.717) is 11.7 Å². The van der Waals surface area contributed by atoms with Gasteiger partial charge in [0.05, 0.1) is 5.75 Å². The van der Waals surface area contributed by atoms with E-state index in [9.17, 15) is 4.79 Å². The Morgan fingerprint density at radius 2 is 2.00 bits per heavy atom. The van der Waals surface area contributed by atoms with E-state index < -0.39 is 0 Å². The Morgan fingerprint density at radius 3 is 2.57 bits per heavy atom. The SMILES string of the molecule is CNc1nnc(SCC(=O)Nc2ccc(C(C)C)cc2)s1. The summed E-state index contributed by atoms with van der Waals surface area (Å²) in [5.41, 5.74) is 2.08. The lowest BCUT2D eigenvalue weighted by Crippen LogP contribution is -2.13. The smallest absolute Gasteiger partial charge is 0.234 e. The highest BCUT2D eigenvalue weighted by atomic mass is 32.2. The summed E-state index contributed by atoms with van der Waals surface area (Å²) in [5, 5.41) is 14.5. The molecule has 0 aliphatic carbocycles. The number of aromatic nitrogens is 2. The molecule has 1 heterocycles. The highest BCUT2D eigenvalue weighted by molar-refractivity contribution is 8.01. The zero-order valence-corrected chi connectivity index (χ0v) is 13.8. The first kappa shape index (κ1) is 15.8. The number of amides is 1. The molecular formula is C14H18N4OS2. The molecular weight excluding hydrogens is 304 g/mol. The Balaban J connectivity index is 1.83. The van der Waals surface area contributed by atoms with Crippen molar-refractivity contribution in [3.05, 3.63) is 29.8 Å². The lowest BCUT2D eigenvalue weighted by molar-refractivity contribution is -0.113. The maximum atomic E-state index is 11.9. The van der Waals surface area contributed by atoms with Crippen molar-refractivity contribution in [2.24, 2.45) is 0 Å². The van der Waals surface area contributed by atoms with Gasteiger partial charge in [-0.1, -0.05) is 49.1 Å². The van der Waals surface area contributed by atoms with E-state index in [1.807, 2.05) is 24.3 Å². The van der Waals surface area contributed by atoms with Gasteiger partial charge < -0.3 is 10.6 Å². The lowest BCUT2D eigenvalue weighted by atomic mass is 10.0. The van der Waals surface area contributed by atoms with Crippen molar-refractivity contribution in [1.29, 1.82) is 0 Å². The molecule has 0 atom stereocenters. The topological polar surface area (TPSA) is 66.9 Å². The summed E-state index contributed by atoms with van der Waals surface area (Å²) >= 11 is 2.82. The molecule has 21 heavy (non-hydrogen) atoms. The normalized spacial score (nSPS) is 10.7. The van der Waals surface area contributed by atoms with Gasteiger partial charge in [0.1, 0.15) is 0 Å². The summed E-state index contributed by atoms with van der Waals surface area (Å²) in [6, 6.07) is 7.94. The van der Waals surface area contributed by atoms with Gasteiger partial charge in [-0.15, -0.1) is 10.2 Å². The molecule has 5 nitrogen and oxygen atoms in total. The van der Waals surface area contributed by atoms with Crippen molar-refractivity contribution in [2.75, 3.05) is 23.4 Å². The average molecular weight is 322 g/mol. The molecule has 0 unspecified atom stereocenters. The molecule has 112 valence electrons. The lowest BCUT2D eigenvalue weighted by Gasteiger charge is -2.08. The number of thioether (sulfide) groups is 1. The van der Waals surface area contributed by atoms with Crippen LogP contribution in [-0.4, -0.2) is 28.9 Å². The van der Waals surface area contributed by atoms with Crippen LogP contribution >= 0.6 is 23.1 Å². The second-order valence-corrected chi connectivity index (χ2v) is 6.94. The number of carbonyl (C=O) groups is 1. The van der Waals surface area contributed by atoms with Crippen LogP contribution in [0.4, 0.5) is 10.8 Å². The molecule has 1 aromatic carbocycles. The molecule has 0 radical (unpaired) electrons. The van der Waals surface area contributed by atoms with Crippen LogP contribution in [0.25, 0.3) is 0 Å². The second kappa shape index (κ2) is 7.42. The Labute approximate surface area is 132 Å². The van der Waals surface area contributed by atoms with Gasteiger partial charge in [0.2, 0.25) is 11.0 Å². The molecule has 2 N–H and O–H groups in total. The summed E-state index contributed by atoms with van der Waals surface area (Å²) in [5.74, 6) is 0.771. The van der Waals surface area contributed by atoms with Crippen LogP contribution in [0.1, 0.15) is 25.3 Å².